The maximum absolute atomic E-state index is 12.6. The lowest BCUT2D eigenvalue weighted by Crippen LogP contribution is -2.25. The molecule has 1 N–H and O–H groups in total. The van der Waals surface area contributed by atoms with Crippen molar-refractivity contribution < 1.29 is 13.2 Å². The molecule has 8 nitrogen and oxygen atoms in total. The van der Waals surface area contributed by atoms with Crippen molar-refractivity contribution in [2.24, 2.45) is 0 Å². The Morgan fingerprint density at radius 2 is 1.89 bits per heavy atom. The third-order valence-corrected chi connectivity index (χ3v) is 6.44. The minimum Gasteiger partial charge on any atom is -0.320 e. The first-order valence-electron chi connectivity index (χ1n) is 8.84. The Morgan fingerprint density at radius 3 is 2.61 bits per heavy atom. The highest BCUT2D eigenvalue weighted by Crippen LogP contribution is 2.28. The van der Waals surface area contributed by atoms with Gasteiger partial charge in [0, 0.05) is 12.2 Å². The SMILES string of the molecule is Cc1ccc(N2CCCS2(=O)=O)cc1NC(=O)c1cnn(-c2ccccc2)n1. The molecule has 2 aromatic carbocycles. The monoisotopic (exact) mass is 397 g/mol. The van der Waals surface area contributed by atoms with E-state index in [2.05, 4.69) is 15.5 Å². The Labute approximate surface area is 162 Å². The number of hydrogen-bond donors (Lipinski definition) is 1. The summed E-state index contributed by atoms with van der Waals surface area (Å²) in [7, 11) is -3.28. The largest absolute Gasteiger partial charge is 0.320 e. The number of benzene rings is 2. The number of nitrogens with one attached hydrogen (secondary N) is 1. The van der Waals surface area contributed by atoms with E-state index in [1.54, 1.807) is 18.2 Å². The second-order valence-electron chi connectivity index (χ2n) is 6.55. The van der Waals surface area contributed by atoms with E-state index in [1.165, 1.54) is 15.3 Å². The second-order valence-corrected chi connectivity index (χ2v) is 8.56. The molecule has 0 unspecified atom stereocenters. The van der Waals surface area contributed by atoms with Crippen LogP contribution >= 0.6 is 0 Å². The fourth-order valence-electron chi connectivity index (χ4n) is 3.07. The van der Waals surface area contributed by atoms with Crippen molar-refractivity contribution in [2.75, 3.05) is 21.9 Å². The van der Waals surface area contributed by atoms with E-state index in [9.17, 15) is 13.2 Å². The van der Waals surface area contributed by atoms with Crippen LogP contribution in [0.5, 0.6) is 0 Å². The van der Waals surface area contributed by atoms with Gasteiger partial charge in [0.1, 0.15) is 0 Å². The van der Waals surface area contributed by atoms with Crippen LogP contribution in [0.2, 0.25) is 0 Å². The summed E-state index contributed by atoms with van der Waals surface area (Å²) >= 11 is 0. The van der Waals surface area contributed by atoms with Crippen LogP contribution in [-0.4, -0.2) is 41.6 Å². The van der Waals surface area contributed by atoms with Gasteiger partial charge in [0.15, 0.2) is 5.69 Å². The number of carbonyl (C=O) groups is 1. The molecular weight excluding hydrogens is 378 g/mol. The van der Waals surface area contributed by atoms with Gasteiger partial charge in [0.25, 0.3) is 5.91 Å². The van der Waals surface area contributed by atoms with Crippen LogP contribution in [0.15, 0.2) is 54.7 Å². The second kappa shape index (κ2) is 7.08. The summed E-state index contributed by atoms with van der Waals surface area (Å²) in [4.78, 5) is 14.0. The molecule has 0 bridgehead atoms. The van der Waals surface area contributed by atoms with Crippen molar-refractivity contribution in [3.8, 4) is 5.69 Å². The maximum atomic E-state index is 12.6. The summed E-state index contributed by atoms with van der Waals surface area (Å²) in [6.07, 6.45) is 1.99. The van der Waals surface area contributed by atoms with Gasteiger partial charge in [0.05, 0.1) is 23.3 Å². The van der Waals surface area contributed by atoms with Crippen molar-refractivity contribution in [1.82, 2.24) is 15.0 Å². The number of rotatable bonds is 4. The van der Waals surface area contributed by atoms with Crippen LogP contribution in [0.25, 0.3) is 5.69 Å². The summed E-state index contributed by atoms with van der Waals surface area (Å²) in [6.45, 7) is 2.29. The fourth-order valence-corrected chi connectivity index (χ4v) is 4.62. The van der Waals surface area contributed by atoms with E-state index in [0.29, 0.717) is 24.3 Å². The standard InChI is InChI=1S/C19H19N5O3S/c1-14-8-9-16(23-10-5-11-28(23,26)27)12-17(14)21-19(25)18-13-20-24(22-18)15-6-3-2-4-7-15/h2-4,6-9,12-13H,5,10-11H2,1H3,(H,21,25). The van der Waals surface area contributed by atoms with Gasteiger partial charge in [-0.3, -0.25) is 9.10 Å². The molecule has 1 aromatic heterocycles. The number of aromatic nitrogens is 3. The van der Waals surface area contributed by atoms with Gasteiger partial charge in [-0.05, 0) is 43.2 Å². The van der Waals surface area contributed by atoms with Crippen molar-refractivity contribution in [3.63, 3.8) is 0 Å². The Morgan fingerprint density at radius 1 is 1.11 bits per heavy atom. The van der Waals surface area contributed by atoms with Crippen LogP contribution in [-0.2, 0) is 10.0 Å². The lowest BCUT2D eigenvalue weighted by Gasteiger charge is -2.18. The summed E-state index contributed by atoms with van der Waals surface area (Å²) in [5.74, 6) is -0.266. The molecule has 0 aliphatic carbocycles. The normalized spacial score (nSPS) is 15.5. The molecule has 1 fully saturated rings. The Balaban J connectivity index is 1.57. The highest BCUT2D eigenvalue weighted by molar-refractivity contribution is 7.93. The van der Waals surface area contributed by atoms with E-state index in [4.69, 9.17) is 0 Å². The van der Waals surface area contributed by atoms with E-state index >= 15 is 0 Å². The third-order valence-electron chi connectivity index (χ3n) is 4.57. The molecule has 2 heterocycles. The molecule has 1 amide bonds. The number of aryl methyl sites for hydroxylation is 1. The fraction of sp³-hybridized carbons (Fsp3) is 0.211. The molecular formula is C19H19N5O3S. The number of sulfonamides is 1. The first-order chi connectivity index (χ1) is 13.4. The lowest BCUT2D eigenvalue weighted by molar-refractivity contribution is 0.102. The van der Waals surface area contributed by atoms with Crippen LogP contribution < -0.4 is 9.62 Å². The van der Waals surface area contributed by atoms with E-state index in [-0.39, 0.29) is 11.4 Å². The minimum atomic E-state index is -3.28. The van der Waals surface area contributed by atoms with Crippen LogP contribution in [0, 0.1) is 6.92 Å². The molecule has 0 radical (unpaired) electrons. The number of amides is 1. The Kier molecular flexibility index (Phi) is 4.60. The van der Waals surface area contributed by atoms with Gasteiger partial charge in [-0.2, -0.15) is 9.90 Å². The van der Waals surface area contributed by atoms with Crippen molar-refractivity contribution in [3.05, 3.63) is 66.0 Å². The highest BCUT2D eigenvalue weighted by Gasteiger charge is 2.28. The van der Waals surface area contributed by atoms with E-state index < -0.39 is 15.9 Å². The molecule has 144 valence electrons. The van der Waals surface area contributed by atoms with E-state index in [0.717, 1.165) is 11.3 Å². The smallest absolute Gasteiger partial charge is 0.277 e. The van der Waals surface area contributed by atoms with Gasteiger partial charge in [0.2, 0.25) is 10.0 Å². The molecule has 0 saturated carbocycles. The number of para-hydroxylation sites is 1. The summed E-state index contributed by atoms with van der Waals surface area (Å²) in [6, 6.07) is 14.5. The summed E-state index contributed by atoms with van der Waals surface area (Å²) < 4.78 is 25.7. The maximum Gasteiger partial charge on any atom is 0.277 e. The van der Waals surface area contributed by atoms with Gasteiger partial charge in [-0.15, -0.1) is 5.10 Å². The molecule has 0 spiro atoms. The molecule has 1 aliphatic rings. The lowest BCUT2D eigenvalue weighted by atomic mass is 10.1. The summed E-state index contributed by atoms with van der Waals surface area (Å²) in [5, 5.41) is 11.2. The number of nitrogens with zero attached hydrogens (tertiary/aromatic N) is 4. The average Bonchev–Trinajstić information content (AvgIpc) is 3.31. The first kappa shape index (κ1) is 18.2. The molecule has 28 heavy (non-hydrogen) atoms. The van der Waals surface area contributed by atoms with Crippen molar-refractivity contribution >= 4 is 27.3 Å². The molecule has 9 heteroatoms. The van der Waals surface area contributed by atoms with Crippen LogP contribution in [0.3, 0.4) is 0 Å². The Bertz CT molecular complexity index is 1130. The number of carbonyl (C=O) groups excluding carboxylic acids is 1. The van der Waals surface area contributed by atoms with Gasteiger partial charge in [-0.1, -0.05) is 24.3 Å². The number of hydrogen-bond acceptors (Lipinski definition) is 5. The van der Waals surface area contributed by atoms with Gasteiger partial charge < -0.3 is 5.32 Å². The third kappa shape index (κ3) is 3.48. The zero-order valence-corrected chi connectivity index (χ0v) is 16.1. The first-order valence-corrected chi connectivity index (χ1v) is 10.5. The van der Waals surface area contributed by atoms with Crippen molar-refractivity contribution in [1.29, 1.82) is 0 Å². The zero-order valence-electron chi connectivity index (χ0n) is 15.2. The van der Waals surface area contributed by atoms with Gasteiger partial charge >= 0.3 is 0 Å². The molecule has 1 saturated heterocycles. The predicted molar refractivity (Wildman–Crippen MR) is 106 cm³/mol. The topological polar surface area (TPSA) is 97.2 Å². The van der Waals surface area contributed by atoms with Gasteiger partial charge in [-0.25, -0.2) is 8.42 Å². The molecule has 1 aliphatic heterocycles. The molecule has 4 rings (SSSR count). The molecule has 3 aromatic rings. The average molecular weight is 397 g/mol. The summed E-state index contributed by atoms with van der Waals surface area (Å²) in [5.41, 5.74) is 2.83. The van der Waals surface area contributed by atoms with Crippen LogP contribution in [0.4, 0.5) is 11.4 Å². The Hall–Kier alpha value is -3.20. The zero-order chi connectivity index (χ0) is 19.7. The predicted octanol–water partition coefficient (Wildman–Crippen LogP) is 2.37. The highest BCUT2D eigenvalue weighted by atomic mass is 32.2. The van der Waals surface area contributed by atoms with Crippen LogP contribution in [0.1, 0.15) is 22.5 Å². The number of anilines is 2. The van der Waals surface area contributed by atoms with E-state index in [1.807, 2.05) is 37.3 Å². The quantitative estimate of drug-likeness (QED) is 0.729. The molecule has 0 atom stereocenters. The minimum absolute atomic E-state index is 0.144. The van der Waals surface area contributed by atoms with Crippen molar-refractivity contribution in [2.45, 2.75) is 13.3 Å².